The Hall–Kier alpha value is -2.11. The lowest BCUT2D eigenvalue weighted by atomic mass is 10.2. The van der Waals surface area contributed by atoms with Gasteiger partial charge >= 0.3 is 13.3 Å². The molecule has 2 heterocycles. The van der Waals surface area contributed by atoms with E-state index in [2.05, 4.69) is 0 Å². The van der Waals surface area contributed by atoms with Gasteiger partial charge in [-0.2, -0.15) is 0 Å². The van der Waals surface area contributed by atoms with Gasteiger partial charge in [0, 0.05) is 33.6 Å². The van der Waals surface area contributed by atoms with Crippen LogP contribution in [0.2, 0.25) is 0 Å². The van der Waals surface area contributed by atoms with E-state index in [0.717, 1.165) is 10.1 Å². The van der Waals surface area contributed by atoms with Crippen LogP contribution in [0.4, 0.5) is 0 Å². The van der Waals surface area contributed by atoms with Crippen molar-refractivity contribution in [3.05, 3.63) is 75.4 Å². The van der Waals surface area contributed by atoms with Crippen LogP contribution in [0.3, 0.4) is 0 Å². The molecule has 1 aliphatic heterocycles. The predicted octanol–water partition coefficient (Wildman–Crippen LogP) is 1.72. The van der Waals surface area contributed by atoms with Gasteiger partial charge in [-0.15, -0.1) is 0 Å². The van der Waals surface area contributed by atoms with E-state index in [1.165, 1.54) is 38.2 Å². The van der Waals surface area contributed by atoms with Crippen molar-refractivity contribution in [2.24, 2.45) is 0 Å². The summed E-state index contributed by atoms with van der Waals surface area (Å²) < 4.78 is 46.2. The van der Waals surface area contributed by atoms with Gasteiger partial charge in [0.2, 0.25) is 0 Å². The van der Waals surface area contributed by atoms with Crippen molar-refractivity contribution in [2.45, 2.75) is 32.0 Å². The average molecular weight is 469 g/mol. The molecule has 1 aromatic heterocycles. The first-order valence-electron chi connectivity index (χ1n) is 9.70. The number of nitrogens with zero attached hydrogens (tertiary/aromatic N) is 2. The molecule has 0 aliphatic carbocycles. The minimum Gasteiger partial charge on any atom is -0.376 e. The quantitative estimate of drug-likeness (QED) is 0.454. The molecule has 32 heavy (non-hydrogen) atoms. The Morgan fingerprint density at radius 3 is 2.44 bits per heavy atom. The van der Waals surface area contributed by atoms with Crippen molar-refractivity contribution < 1.29 is 32.6 Å². The third-order valence-corrected chi connectivity index (χ3v) is 6.41. The van der Waals surface area contributed by atoms with Gasteiger partial charge < -0.3 is 28.0 Å². The molecule has 3 atom stereocenters. The smallest absolute Gasteiger partial charge is 0.355 e. The molecule has 0 amide bonds. The zero-order chi connectivity index (χ0) is 23.1. The number of aromatic nitrogens is 2. The van der Waals surface area contributed by atoms with Crippen molar-refractivity contribution >= 4 is 7.60 Å². The number of hydrogen-bond acceptors (Lipinski definition) is 9. The normalized spacial score (nSPS) is 21.2. The molecular weight excluding hydrogens is 443 g/mol. The summed E-state index contributed by atoms with van der Waals surface area (Å²) in [5.41, 5.74) is -0.232. The second-order valence-electron chi connectivity index (χ2n) is 6.79. The lowest BCUT2D eigenvalue weighted by Crippen LogP contribution is -2.42. The third kappa shape index (κ3) is 5.81. The maximum atomic E-state index is 13.0. The Bertz CT molecular complexity index is 1030. The fourth-order valence-electron chi connectivity index (χ4n) is 3.04. The highest BCUT2D eigenvalue weighted by atomic mass is 31.2. The van der Waals surface area contributed by atoms with E-state index in [1.807, 2.05) is 30.3 Å². The van der Waals surface area contributed by atoms with Crippen LogP contribution < -0.4 is 11.2 Å². The van der Waals surface area contributed by atoms with E-state index in [0.29, 0.717) is 0 Å². The largest absolute Gasteiger partial charge is 0.376 e. The highest BCUT2D eigenvalue weighted by molar-refractivity contribution is 7.53. The number of ether oxygens (including phenoxy) is 4. The Morgan fingerprint density at radius 2 is 1.78 bits per heavy atom. The average Bonchev–Trinajstić information content (AvgIpc) is 3.23. The Morgan fingerprint density at radius 1 is 1.06 bits per heavy atom. The molecule has 11 nitrogen and oxygen atoms in total. The number of methoxy groups -OCH3 is 1. The SMILES string of the molecule is CO[C@@H]1[CH][C@@H](OCP(=O)(OC)OC)O[C@H]1n1ccc(=O)n(COCc2ccccc2)c1=O. The van der Waals surface area contributed by atoms with Crippen LogP contribution in [0.25, 0.3) is 0 Å². The minimum absolute atomic E-state index is 0.230. The fourth-order valence-corrected chi connectivity index (χ4v) is 3.73. The zero-order valence-corrected chi connectivity index (χ0v) is 18.9. The van der Waals surface area contributed by atoms with Crippen molar-refractivity contribution in [1.82, 2.24) is 9.13 Å². The first-order valence-corrected chi connectivity index (χ1v) is 11.4. The van der Waals surface area contributed by atoms with Crippen LogP contribution in [0.5, 0.6) is 0 Å². The standard InChI is InChI=1S/C20H26N2O9P/c1-26-16-11-18(30-14-32(25,27-2)28-3)31-19(16)21-10-9-17(23)22(20(21)24)13-29-12-15-7-5-4-6-8-15/h4-11,16,18-19H,12-14H2,1-3H3/t16-,18+,19-/m1/s1. The second-order valence-corrected chi connectivity index (χ2v) is 9.00. The summed E-state index contributed by atoms with van der Waals surface area (Å²) in [6, 6.07) is 10.6. The van der Waals surface area contributed by atoms with Gasteiger partial charge in [-0.25, -0.2) is 9.36 Å². The minimum atomic E-state index is -3.41. The maximum absolute atomic E-state index is 13.0. The van der Waals surface area contributed by atoms with Gasteiger partial charge in [-0.1, -0.05) is 30.3 Å². The van der Waals surface area contributed by atoms with E-state index in [4.69, 9.17) is 28.0 Å². The van der Waals surface area contributed by atoms with Crippen LogP contribution >= 0.6 is 7.60 Å². The highest BCUT2D eigenvalue weighted by Crippen LogP contribution is 2.47. The molecule has 12 heteroatoms. The number of benzene rings is 1. The zero-order valence-electron chi connectivity index (χ0n) is 18.0. The molecule has 0 N–H and O–H groups in total. The van der Waals surface area contributed by atoms with Crippen LogP contribution in [-0.2, 0) is 45.9 Å². The molecule has 3 rings (SSSR count). The molecule has 0 bridgehead atoms. The topological polar surface area (TPSA) is 116 Å². The Labute approximate surface area is 184 Å². The van der Waals surface area contributed by atoms with Gasteiger partial charge in [-0.05, 0) is 5.56 Å². The van der Waals surface area contributed by atoms with Crippen LogP contribution in [0.1, 0.15) is 11.8 Å². The summed E-state index contributed by atoms with van der Waals surface area (Å²) in [4.78, 5) is 25.2. The number of hydrogen-bond donors (Lipinski definition) is 0. The van der Waals surface area contributed by atoms with Crippen LogP contribution in [0, 0.1) is 6.42 Å². The van der Waals surface area contributed by atoms with Crippen molar-refractivity contribution in [2.75, 3.05) is 27.7 Å². The summed E-state index contributed by atoms with van der Waals surface area (Å²) in [5, 5.41) is 0. The van der Waals surface area contributed by atoms with Crippen LogP contribution in [-0.4, -0.2) is 49.2 Å². The van der Waals surface area contributed by atoms with E-state index >= 15 is 0 Å². The first-order chi connectivity index (χ1) is 15.4. The molecule has 1 radical (unpaired) electrons. The maximum Gasteiger partial charge on any atom is 0.355 e. The molecule has 1 aliphatic rings. The van der Waals surface area contributed by atoms with Gasteiger partial charge in [0.05, 0.1) is 13.0 Å². The first kappa shape index (κ1) is 24.5. The lowest BCUT2D eigenvalue weighted by Gasteiger charge is -2.21. The van der Waals surface area contributed by atoms with E-state index in [-0.39, 0.29) is 19.7 Å². The molecular formula is C20H26N2O9P. The van der Waals surface area contributed by atoms with Crippen LogP contribution in [0.15, 0.2) is 52.2 Å². The highest BCUT2D eigenvalue weighted by Gasteiger charge is 2.40. The van der Waals surface area contributed by atoms with Crippen molar-refractivity contribution in [1.29, 1.82) is 0 Å². The van der Waals surface area contributed by atoms with E-state index in [9.17, 15) is 14.2 Å². The van der Waals surface area contributed by atoms with Gasteiger partial charge in [0.1, 0.15) is 12.8 Å². The Balaban J connectivity index is 1.72. The molecule has 1 aromatic carbocycles. The molecule has 2 aromatic rings. The molecule has 1 saturated heterocycles. The van der Waals surface area contributed by atoms with Gasteiger partial charge in [-0.3, -0.25) is 13.9 Å². The Kier molecular flexibility index (Phi) is 8.55. The monoisotopic (exact) mass is 469 g/mol. The molecule has 1 fully saturated rings. The third-order valence-electron chi connectivity index (χ3n) is 4.83. The summed E-state index contributed by atoms with van der Waals surface area (Å²) >= 11 is 0. The fraction of sp³-hybridized carbons (Fsp3) is 0.450. The van der Waals surface area contributed by atoms with Gasteiger partial charge in [0.15, 0.2) is 18.9 Å². The van der Waals surface area contributed by atoms with Crippen molar-refractivity contribution in [3.63, 3.8) is 0 Å². The number of rotatable bonds is 11. The van der Waals surface area contributed by atoms with Gasteiger partial charge in [0.25, 0.3) is 5.56 Å². The van der Waals surface area contributed by atoms with E-state index in [1.54, 1.807) is 6.42 Å². The predicted molar refractivity (Wildman–Crippen MR) is 113 cm³/mol. The lowest BCUT2D eigenvalue weighted by molar-refractivity contribution is -0.144. The molecule has 0 spiro atoms. The summed E-state index contributed by atoms with van der Waals surface area (Å²) in [6.07, 6.45) is 0.00664. The molecule has 175 valence electrons. The summed E-state index contributed by atoms with van der Waals surface area (Å²) in [7, 11) is 0.527. The molecule has 0 saturated carbocycles. The summed E-state index contributed by atoms with van der Waals surface area (Å²) in [6.45, 7) is 0.0112. The summed E-state index contributed by atoms with van der Waals surface area (Å²) in [5.74, 6) is 0. The van der Waals surface area contributed by atoms with Crippen molar-refractivity contribution in [3.8, 4) is 0 Å². The van der Waals surface area contributed by atoms with E-state index < -0.39 is 37.5 Å². The second kappa shape index (κ2) is 11.2. The molecule has 0 unspecified atom stereocenters.